The summed E-state index contributed by atoms with van der Waals surface area (Å²) in [5.74, 6) is 1.13. The molecule has 0 radical (unpaired) electrons. The zero-order chi connectivity index (χ0) is 14.8. The molecule has 2 aromatic carbocycles. The van der Waals surface area contributed by atoms with Crippen LogP contribution >= 0.6 is 11.3 Å². The zero-order valence-electron chi connectivity index (χ0n) is 11.4. The molecule has 0 aliphatic heterocycles. The van der Waals surface area contributed by atoms with Gasteiger partial charge in [-0.3, -0.25) is 4.21 Å². The van der Waals surface area contributed by atoms with Crippen molar-refractivity contribution in [1.29, 1.82) is 0 Å². The highest BCUT2D eigenvalue weighted by molar-refractivity contribution is 7.86. The Labute approximate surface area is 129 Å². The predicted octanol–water partition coefficient (Wildman–Crippen LogP) is 3.19. The number of methoxy groups -OCH3 is 1. The van der Waals surface area contributed by atoms with Gasteiger partial charge in [0.2, 0.25) is 0 Å². The van der Waals surface area contributed by atoms with Crippen LogP contribution in [0.1, 0.15) is 5.56 Å². The summed E-state index contributed by atoms with van der Waals surface area (Å²) in [6, 6.07) is 13.1. The molecule has 3 rings (SSSR count). The summed E-state index contributed by atoms with van der Waals surface area (Å²) in [4.78, 5) is 4.43. The Bertz CT molecular complexity index is 814. The Morgan fingerprint density at radius 2 is 2.10 bits per heavy atom. The van der Waals surface area contributed by atoms with Gasteiger partial charge in [0.15, 0.2) is 4.34 Å². The van der Waals surface area contributed by atoms with Crippen molar-refractivity contribution >= 4 is 38.0 Å². The summed E-state index contributed by atoms with van der Waals surface area (Å²) in [7, 11) is 0.414. The van der Waals surface area contributed by atoms with Crippen LogP contribution in [0.5, 0.6) is 5.75 Å². The fourth-order valence-electron chi connectivity index (χ4n) is 2.04. The number of anilines is 1. The van der Waals surface area contributed by atoms with E-state index < -0.39 is 10.8 Å². The van der Waals surface area contributed by atoms with E-state index >= 15 is 0 Å². The first kappa shape index (κ1) is 14.0. The van der Waals surface area contributed by atoms with Crippen molar-refractivity contribution < 1.29 is 8.95 Å². The lowest BCUT2D eigenvalue weighted by Gasteiger charge is -2.06. The van der Waals surface area contributed by atoms with Gasteiger partial charge >= 0.3 is 0 Å². The molecule has 0 aliphatic rings. The smallest absolute Gasteiger partial charge is 0.182 e. The van der Waals surface area contributed by atoms with E-state index in [1.807, 2.05) is 36.4 Å². The first-order chi connectivity index (χ1) is 10.2. The maximum absolute atomic E-state index is 12.5. The van der Waals surface area contributed by atoms with Crippen molar-refractivity contribution in [3.63, 3.8) is 0 Å². The Morgan fingerprint density at radius 3 is 2.90 bits per heavy atom. The molecule has 0 aliphatic carbocycles. The molecule has 1 unspecified atom stereocenters. The molecule has 2 N–H and O–H groups in total. The van der Waals surface area contributed by atoms with E-state index in [1.54, 1.807) is 13.2 Å². The normalized spacial score (nSPS) is 12.4. The number of ether oxygens (including phenoxy) is 1. The van der Waals surface area contributed by atoms with Crippen molar-refractivity contribution in [3.8, 4) is 5.75 Å². The molecular formula is C15H14N2O2S2. The summed E-state index contributed by atoms with van der Waals surface area (Å²) < 4.78 is 19.4. The molecule has 1 aromatic heterocycles. The number of benzene rings is 2. The zero-order valence-corrected chi connectivity index (χ0v) is 13.0. The lowest BCUT2D eigenvalue weighted by atomic mass is 10.2. The number of hydrogen-bond acceptors (Lipinski definition) is 5. The van der Waals surface area contributed by atoms with E-state index in [0.717, 1.165) is 21.5 Å². The van der Waals surface area contributed by atoms with Crippen LogP contribution in [0.15, 0.2) is 46.8 Å². The fraction of sp³-hybridized carbons (Fsp3) is 0.133. The van der Waals surface area contributed by atoms with E-state index in [0.29, 0.717) is 15.8 Å². The lowest BCUT2D eigenvalue weighted by molar-refractivity contribution is 0.411. The largest absolute Gasteiger partial charge is 0.496 e. The summed E-state index contributed by atoms with van der Waals surface area (Å²) in [5.41, 5.74) is 8.19. The van der Waals surface area contributed by atoms with Gasteiger partial charge in [0, 0.05) is 11.3 Å². The molecule has 1 heterocycles. The Kier molecular flexibility index (Phi) is 3.90. The number of para-hydroxylation sites is 1. The van der Waals surface area contributed by atoms with Gasteiger partial charge in [-0.25, -0.2) is 4.98 Å². The Morgan fingerprint density at radius 1 is 1.29 bits per heavy atom. The van der Waals surface area contributed by atoms with Crippen molar-refractivity contribution in [2.24, 2.45) is 0 Å². The number of nitrogen functional groups attached to an aromatic ring is 1. The minimum Gasteiger partial charge on any atom is -0.496 e. The van der Waals surface area contributed by atoms with E-state index in [4.69, 9.17) is 10.5 Å². The average molecular weight is 318 g/mol. The van der Waals surface area contributed by atoms with Gasteiger partial charge < -0.3 is 10.5 Å². The SMILES string of the molecule is COc1ccccc1CS(=O)c1nc2ccc(N)cc2s1. The second kappa shape index (κ2) is 5.83. The van der Waals surface area contributed by atoms with Crippen LogP contribution in [0.2, 0.25) is 0 Å². The van der Waals surface area contributed by atoms with Gasteiger partial charge in [0.25, 0.3) is 0 Å². The third kappa shape index (κ3) is 2.91. The number of thiazole rings is 1. The van der Waals surface area contributed by atoms with E-state index in [9.17, 15) is 4.21 Å². The number of aromatic nitrogens is 1. The molecule has 0 bridgehead atoms. The summed E-state index contributed by atoms with van der Waals surface area (Å²) in [5, 5.41) is 0. The van der Waals surface area contributed by atoms with Crippen molar-refractivity contribution in [2.45, 2.75) is 10.1 Å². The minimum absolute atomic E-state index is 0.388. The molecular weight excluding hydrogens is 304 g/mol. The van der Waals surface area contributed by atoms with Gasteiger partial charge in [-0.1, -0.05) is 18.2 Å². The molecule has 0 spiro atoms. The topological polar surface area (TPSA) is 65.2 Å². The van der Waals surface area contributed by atoms with Gasteiger partial charge in [0.1, 0.15) is 5.75 Å². The van der Waals surface area contributed by atoms with Gasteiger partial charge in [-0.15, -0.1) is 11.3 Å². The minimum atomic E-state index is -1.20. The fourth-order valence-corrected chi connectivity index (χ4v) is 4.45. The number of nitrogens with zero attached hydrogens (tertiary/aromatic N) is 1. The van der Waals surface area contributed by atoms with E-state index in [1.165, 1.54) is 11.3 Å². The highest BCUT2D eigenvalue weighted by atomic mass is 32.2. The van der Waals surface area contributed by atoms with Crippen LogP contribution in [0.4, 0.5) is 5.69 Å². The third-order valence-electron chi connectivity index (χ3n) is 3.07. The van der Waals surface area contributed by atoms with E-state index in [-0.39, 0.29) is 0 Å². The van der Waals surface area contributed by atoms with E-state index in [2.05, 4.69) is 4.98 Å². The predicted molar refractivity (Wildman–Crippen MR) is 87.1 cm³/mol. The molecule has 21 heavy (non-hydrogen) atoms. The maximum atomic E-state index is 12.5. The quantitative estimate of drug-likeness (QED) is 0.750. The second-order valence-corrected chi connectivity index (χ2v) is 7.16. The highest BCUT2D eigenvalue weighted by Gasteiger charge is 2.13. The summed E-state index contributed by atoms with van der Waals surface area (Å²) >= 11 is 1.42. The van der Waals surface area contributed by atoms with Gasteiger partial charge in [0.05, 0.1) is 33.9 Å². The number of nitrogens with two attached hydrogens (primary N) is 1. The Hall–Kier alpha value is -1.92. The van der Waals surface area contributed by atoms with Gasteiger partial charge in [-0.05, 0) is 24.3 Å². The van der Waals surface area contributed by atoms with Crippen LogP contribution in [-0.2, 0) is 16.6 Å². The first-order valence-electron chi connectivity index (χ1n) is 6.33. The number of hydrogen-bond donors (Lipinski definition) is 1. The second-order valence-electron chi connectivity index (χ2n) is 4.51. The average Bonchev–Trinajstić information content (AvgIpc) is 2.91. The number of fused-ring (bicyclic) bond motifs is 1. The first-order valence-corrected chi connectivity index (χ1v) is 8.47. The molecule has 0 fully saturated rings. The molecule has 1 atom stereocenters. The molecule has 3 aromatic rings. The maximum Gasteiger partial charge on any atom is 0.182 e. The van der Waals surface area contributed by atoms with Crippen LogP contribution in [-0.4, -0.2) is 16.3 Å². The van der Waals surface area contributed by atoms with Gasteiger partial charge in [-0.2, -0.15) is 0 Å². The molecule has 0 saturated carbocycles. The standard InChI is InChI=1S/C15H14N2O2S2/c1-19-13-5-3-2-4-10(13)9-21(18)15-17-12-7-6-11(16)8-14(12)20-15/h2-8H,9,16H2,1H3. The van der Waals surface area contributed by atoms with Crippen molar-refractivity contribution in [2.75, 3.05) is 12.8 Å². The molecule has 0 amide bonds. The summed E-state index contributed by atoms with van der Waals surface area (Å²) in [6.45, 7) is 0. The molecule has 6 heteroatoms. The lowest BCUT2D eigenvalue weighted by Crippen LogP contribution is -1.98. The molecule has 0 saturated heterocycles. The van der Waals surface area contributed by atoms with Crippen molar-refractivity contribution in [3.05, 3.63) is 48.0 Å². The Balaban J connectivity index is 1.90. The van der Waals surface area contributed by atoms with Crippen LogP contribution in [0.25, 0.3) is 10.2 Å². The monoisotopic (exact) mass is 318 g/mol. The summed E-state index contributed by atoms with van der Waals surface area (Å²) in [6.07, 6.45) is 0. The molecule has 108 valence electrons. The van der Waals surface area contributed by atoms with Crippen LogP contribution in [0.3, 0.4) is 0 Å². The van der Waals surface area contributed by atoms with Crippen LogP contribution < -0.4 is 10.5 Å². The highest BCUT2D eigenvalue weighted by Crippen LogP contribution is 2.28. The number of rotatable bonds is 4. The third-order valence-corrected chi connectivity index (χ3v) is 5.74. The molecule has 4 nitrogen and oxygen atoms in total. The van der Waals surface area contributed by atoms with Crippen molar-refractivity contribution in [1.82, 2.24) is 4.98 Å². The van der Waals surface area contributed by atoms with Crippen LogP contribution in [0, 0.1) is 0 Å².